The fourth-order valence-corrected chi connectivity index (χ4v) is 2.80. The van der Waals surface area contributed by atoms with Crippen LogP contribution >= 0.6 is 0 Å². The summed E-state index contributed by atoms with van der Waals surface area (Å²) in [6, 6.07) is 16.4. The molecule has 0 aliphatic heterocycles. The van der Waals surface area contributed by atoms with Gasteiger partial charge in [0.1, 0.15) is 5.82 Å². The Hall–Kier alpha value is -1.71. The van der Waals surface area contributed by atoms with Crippen LogP contribution in [0.4, 0.5) is 4.39 Å². The molecule has 3 rings (SSSR count). The molecule has 2 nitrogen and oxygen atoms in total. The van der Waals surface area contributed by atoms with Crippen molar-refractivity contribution in [3.8, 4) is 0 Å². The van der Waals surface area contributed by atoms with Crippen molar-refractivity contribution >= 4 is 0 Å². The van der Waals surface area contributed by atoms with Crippen molar-refractivity contribution in [2.75, 3.05) is 6.54 Å². The molecule has 1 atom stereocenters. The summed E-state index contributed by atoms with van der Waals surface area (Å²) in [5, 5.41) is 13.9. The molecule has 0 bridgehead atoms. The van der Waals surface area contributed by atoms with Crippen molar-refractivity contribution in [1.29, 1.82) is 0 Å². The van der Waals surface area contributed by atoms with Crippen molar-refractivity contribution in [3.05, 3.63) is 71.5 Å². The van der Waals surface area contributed by atoms with Gasteiger partial charge in [0.2, 0.25) is 0 Å². The minimum absolute atomic E-state index is 0.0608. The molecular formula is C18H20FNO. The standard InChI is InChI=1S/C18H20FNO/c19-16-8-4-5-14(11-16)12-20-13-18(9-10-18)17(21)15-6-2-1-3-7-15/h1-8,11,17,20-21H,9-10,12-13H2. The maximum Gasteiger partial charge on any atom is 0.123 e. The molecule has 0 spiro atoms. The van der Waals surface area contributed by atoms with E-state index in [0.29, 0.717) is 6.54 Å². The first kappa shape index (κ1) is 14.2. The Labute approximate surface area is 124 Å². The molecule has 2 aromatic rings. The number of benzene rings is 2. The van der Waals surface area contributed by atoms with Crippen molar-refractivity contribution in [3.63, 3.8) is 0 Å². The van der Waals surface area contributed by atoms with Crippen LogP contribution in [0.5, 0.6) is 0 Å². The van der Waals surface area contributed by atoms with Crippen LogP contribution in [0.2, 0.25) is 0 Å². The Morgan fingerprint density at radius 2 is 1.86 bits per heavy atom. The first-order chi connectivity index (χ1) is 10.2. The van der Waals surface area contributed by atoms with E-state index < -0.39 is 6.10 Å². The van der Waals surface area contributed by atoms with Gasteiger partial charge in [0, 0.05) is 18.5 Å². The van der Waals surface area contributed by atoms with E-state index in [0.717, 1.165) is 30.5 Å². The summed E-state index contributed by atoms with van der Waals surface area (Å²) in [7, 11) is 0. The Kier molecular flexibility index (Phi) is 4.04. The molecule has 0 aromatic heterocycles. The van der Waals surface area contributed by atoms with E-state index in [9.17, 15) is 9.50 Å². The van der Waals surface area contributed by atoms with Crippen LogP contribution in [0.15, 0.2) is 54.6 Å². The van der Waals surface area contributed by atoms with Crippen molar-refractivity contribution in [2.24, 2.45) is 5.41 Å². The lowest BCUT2D eigenvalue weighted by atomic mass is 9.92. The van der Waals surface area contributed by atoms with Crippen molar-refractivity contribution in [1.82, 2.24) is 5.32 Å². The topological polar surface area (TPSA) is 32.3 Å². The van der Waals surface area contributed by atoms with Crippen LogP contribution in [0.3, 0.4) is 0 Å². The number of aliphatic hydroxyl groups is 1. The van der Waals surface area contributed by atoms with Crippen molar-refractivity contribution < 1.29 is 9.50 Å². The zero-order valence-corrected chi connectivity index (χ0v) is 11.9. The van der Waals surface area contributed by atoms with Crippen LogP contribution in [0.1, 0.15) is 30.1 Å². The van der Waals surface area contributed by atoms with E-state index in [4.69, 9.17) is 0 Å². The molecule has 0 amide bonds. The zero-order valence-electron chi connectivity index (χ0n) is 11.9. The molecule has 1 unspecified atom stereocenters. The van der Waals surface area contributed by atoms with Gasteiger partial charge in [-0.1, -0.05) is 42.5 Å². The number of hydrogen-bond acceptors (Lipinski definition) is 2. The number of halogens is 1. The monoisotopic (exact) mass is 285 g/mol. The lowest BCUT2D eigenvalue weighted by molar-refractivity contribution is 0.0917. The van der Waals surface area contributed by atoms with E-state index in [1.165, 1.54) is 6.07 Å². The van der Waals surface area contributed by atoms with Gasteiger partial charge in [-0.25, -0.2) is 4.39 Å². The summed E-state index contributed by atoms with van der Waals surface area (Å²) in [6.45, 7) is 1.38. The molecule has 3 heteroatoms. The predicted molar refractivity (Wildman–Crippen MR) is 81.2 cm³/mol. The first-order valence-electron chi connectivity index (χ1n) is 7.38. The van der Waals surface area contributed by atoms with Crippen LogP contribution in [-0.4, -0.2) is 11.7 Å². The molecule has 0 heterocycles. The third kappa shape index (κ3) is 3.31. The maximum atomic E-state index is 13.1. The molecule has 1 saturated carbocycles. The summed E-state index contributed by atoms with van der Waals surface area (Å²) in [5.74, 6) is -0.209. The first-order valence-corrected chi connectivity index (χ1v) is 7.38. The van der Waals surface area contributed by atoms with Gasteiger partial charge in [-0.15, -0.1) is 0 Å². The highest BCUT2D eigenvalue weighted by Crippen LogP contribution is 2.54. The second kappa shape index (κ2) is 5.96. The van der Waals surface area contributed by atoms with E-state index in [1.807, 2.05) is 36.4 Å². The average molecular weight is 285 g/mol. The summed E-state index contributed by atoms with van der Waals surface area (Å²) in [6.07, 6.45) is 1.62. The zero-order chi connectivity index (χ0) is 14.7. The number of hydrogen-bond donors (Lipinski definition) is 2. The van der Waals surface area contributed by atoms with Gasteiger partial charge in [-0.3, -0.25) is 0 Å². The molecule has 21 heavy (non-hydrogen) atoms. The summed E-state index contributed by atoms with van der Waals surface area (Å²) in [4.78, 5) is 0. The third-order valence-electron chi connectivity index (χ3n) is 4.28. The Morgan fingerprint density at radius 3 is 2.52 bits per heavy atom. The molecule has 1 fully saturated rings. The second-order valence-electron chi connectivity index (χ2n) is 5.91. The quantitative estimate of drug-likeness (QED) is 0.852. The van der Waals surface area contributed by atoms with Crippen molar-refractivity contribution in [2.45, 2.75) is 25.5 Å². The lowest BCUT2D eigenvalue weighted by Gasteiger charge is -2.23. The summed E-state index contributed by atoms with van der Waals surface area (Å²) >= 11 is 0. The second-order valence-corrected chi connectivity index (χ2v) is 5.91. The number of aliphatic hydroxyl groups excluding tert-OH is 1. The molecule has 0 radical (unpaired) electrons. The van der Waals surface area contributed by atoms with Gasteiger partial charge in [-0.2, -0.15) is 0 Å². The molecule has 2 N–H and O–H groups in total. The molecule has 110 valence electrons. The van der Waals surface area contributed by atoms with Crippen LogP contribution in [-0.2, 0) is 6.54 Å². The van der Waals surface area contributed by atoms with Gasteiger partial charge < -0.3 is 10.4 Å². The van der Waals surface area contributed by atoms with Gasteiger partial charge in [0.25, 0.3) is 0 Å². The van der Waals surface area contributed by atoms with Gasteiger partial charge >= 0.3 is 0 Å². The van der Waals surface area contributed by atoms with Gasteiger partial charge in [-0.05, 0) is 36.1 Å². The Balaban J connectivity index is 1.57. The summed E-state index contributed by atoms with van der Waals surface area (Å²) < 4.78 is 13.1. The highest BCUT2D eigenvalue weighted by Gasteiger charge is 2.48. The molecular weight excluding hydrogens is 265 g/mol. The Morgan fingerprint density at radius 1 is 1.10 bits per heavy atom. The minimum Gasteiger partial charge on any atom is -0.388 e. The molecule has 0 saturated heterocycles. The van der Waals surface area contributed by atoms with E-state index in [1.54, 1.807) is 12.1 Å². The van der Waals surface area contributed by atoms with Gasteiger partial charge in [0.15, 0.2) is 0 Å². The molecule has 2 aromatic carbocycles. The highest BCUT2D eigenvalue weighted by molar-refractivity contribution is 5.22. The van der Waals surface area contributed by atoms with Crippen LogP contribution in [0.25, 0.3) is 0 Å². The van der Waals surface area contributed by atoms with E-state index >= 15 is 0 Å². The Bertz CT molecular complexity index is 595. The molecule has 1 aliphatic rings. The minimum atomic E-state index is -0.432. The summed E-state index contributed by atoms with van der Waals surface area (Å²) in [5.41, 5.74) is 1.84. The van der Waals surface area contributed by atoms with Gasteiger partial charge in [0.05, 0.1) is 6.10 Å². The van der Waals surface area contributed by atoms with E-state index in [2.05, 4.69) is 5.32 Å². The fraction of sp³-hybridized carbons (Fsp3) is 0.333. The molecule has 1 aliphatic carbocycles. The predicted octanol–water partition coefficient (Wildman–Crippen LogP) is 3.43. The van der Waals surface area contributed by atoms with Crippen LogP contribution in [0, 0.1) is 11.2 Å². The number of nitrogens with one attached hydrogen (secondary N) is 1. The SMILES string of the molecule is OC(c1ccccc1)C1(CNCc2cccc(F)c2)CC1. The largest absolute Gasteiger partial charge is 0.388 e. The fourth-order valence-electron chi connectivity index (χ4n) is 2.80. The van der Waals surface area contributed by atoms with Crippen LogP contribution < -0.4 is 5.32 Å². The maximum absolute atomic E-state index is 13.1. The smallest absolute Gasteiger partial charge is 0.123 e. The normalized spacial score (nSPS) is 17.4. The average Bonchev–Trinajstić information content (AvgIpc) is 3.29. The lowest BCUT2D eigenvalue weighted by Crippen LogP contribution is -2.28. The third-order valence-corrected chi connectivity index (χ3v) is 4.28. The van der Waals surface area contributed by atoms with E-state index in [-0.39, 0.29) is 11.2 Å². The highest BCUT2D eigenvalue weighted by atomic mass is 19.1. The number of rotatable bonds is 6.